The third-order valence-corrected chi connectivity index (χ3v) is 0.635. The first kappa shape index (κ1) is 17.3. The van der Waals surface area contributed by atoms with Crippen LogP contribution in [0.5, 0.6) is 0 Å². The van der Waals surface area contributed by atoms with Gasteiger partial charge in [0, 0.05) is 7.62 Å². The summed E-state index contributed by atoms with van der Waals surface area (Å²) in [5.41, 5.74) is 1.18. The zero-order chi connectivity index (χ0) is 10.4. The lowest BCUT2D eigenvalue weighted by molar-refractivity contribution is 1.09. The Balaban J connectivity index is -0.0000000508. The molecule has 0 saturated heterocycles. The molecule has 1 rings (SSSR count). The maximum atomic E-state index is 3.70. The summed E-state index contributed by atoms with van der Waals surface area (Å²) in [7, 11) is 0. The zero-order valence-electron chi connectivity index (χ0n) is 9.60. The van der Waals surface area contributed by atoms with Gasteiger partial charge in [-0.1, -0.05) is 41.5 Å². The van der Waals surface area contributed by atoms with Crippen LogP contribution >= 0.6 is 0 Å². The average molecular weight is 174 g/mol. The number of hydrogen-bond donors (Lipinski definition) is 1. The van der Waals surface area contributed by atoms with Crippen molar-refractivity contribution in [1.29, 1.82) is 0 Å². The maximum absolute atomic E-state index is 3.70. The van der Waals surface area contributed by atoms with E-state index in [4.69, 9.17) is 0 Å². The summed E-state index contributed by atoms with van der Waals surface area (Å²) in [5.74, 6) is 0. The molecule has 0 aliphatic carbocycles. The molecule has 0 fully saturated rings. The predicted octanol–water partition coefficient (Wildman–Crippen LogP) is 4.04. The van der Waals surface area contributed by atoms with Gasteiger partial charge in [-0.05, 0) is 12.5 Å². The Kier molecular flexibility index (Phi) is 32.4. The van der Waals surface area contributed by atoms with E-state index in [-0.39, 0.29) is 1.43 Å². The number of H-pyrrole nitrogens is 1. The van der Waals surface area contributed by atoms with E-state index in [0.29, 0.717) is 0 Å². The average Bonchev–Trinajstić information content (AvgIpc) is 2.66. The lowest BCUT2D eigenvalue weighted by Gasteiger charge is -1.62. The van der Waals surface area contributed by atoms with Gasteiger partial charge in [0.15, 0.2) is 0 Å². The van der Waals surface area contributed by atoms with E-state index in [2.05, 4.69) is 10.2 Å². The molecule has 0 spiro atoms. The Labute approximate surface area is 78.9 Å². The molecule has 1 aromatic rings. The standard InChI is InChI=1S/C4H6N2.3C2H6.H2/c1-4-2-5-6-3-4;3*1-2;/h2-3H,1H3,(H,5,6);3*1-2H3;1H. The van der Waals surface area contributed by atoms with Gasteiger partial charge in [0.25, 0.3) is 0 Å². The Morgan fingerprint density at radius 2 is 1.50 bits per heavy atom. The number of aromatic amines is 1. The zero-order valence-corrected chi connectivity index (χ0v) is 9.60. The highest BCUT2D eigenvalue weighted by atomic mass is 15.1. The highest BCUT2D eigenvalue weighted by Crippen LogP contribution is 1.84. The van der Waals surface area contributed by atoms with Crippen LogP contribution in [0.2, 0.25) is 0 Å². The monoisotopic (exact) mass is 174 g/mol. The first-order valence-electron chi connectivity index (χ1n) is 4.85. The smallest absolute Gasteiger partial charge is 0.0516 e. The van der Waals surface area contributed by atoms with Gasteiger partial charge in [-0.3, -0.25) is 5.10 Å². The van der Waals surface area contributed by atoms with Gasteiger partial charge in [0.1, 0.15) is 0 Å². The fraction of sp³-hybridized carbons (Fsp3) is 0.700. The van der Waals surface area contributed by atoms with Gasteiger partial charge in [0.05, 0.1) is 6.20 Å². The van der Waals surface area contributed by atoms with Crippen molar-refractivity contribution in [3.8, 4) is 0 Å². The SMILES string of the molecule is CC.CC.CC.Cc1cn[nH]c1.[HH]. The minimum atomic E-state index is 0. The summed E-state index contributed by atoms with van der Waals surface area (Å²) in [6.45, 7) is 14.0. The van der Waals surface area contributed by atoms with Gasteiger partial charge < -0.3 is 0 Å². The Morgan fingerprint density at radius 1 is 1.08 bits per heavy atom. The van der Waals surface area contributed by atoms with Crippen molar-refractivity contribution < 1.29 is 1.43 Å². The molecule has 0 amide bonds. The molecule has 1 N–H and O–H groups in total. The number of rotatable bonds is 0. The van der Waals surface area contributed by atoms with Crippen molar-refractivity contribution in [3.63, 3.8) is 0 Å². The van der Waals surface area contributed by atoms with E-state index in [1.807, 2.05) is 54.7 Å². The minimum absolute atomic E-state index is 0. The lowest BCUT2D eigenvalue weighted by Crippen LogP contribution is -1.53. The molecule has 2 nitrogen and oxygen atoms in total. The summed E-state index contributed by atoms with van der Waals surface area (Å²) >= 11 is 0. The molecule has 1 aromatic heterocycles. The molecule has 2 heteroatoms. The Bertz CT molecular complexity index is 116. The number of nitrogens with one attached hydrogen (secondary N) is 1. The lowest BCUT2D eigenvalue weighted by atomic mass is 10.4. The highest BCUT2D eigenvalue weighted by Gasteiger charge is 1.74. The fourth-order valence-corrected chi connectivity index (χ4v) is 0.315. The summed E-state index contributed by atoms with van der Waals surface area (Å²) < 4.78 is 0. The molecular formula is C10H26N2. The molecule has 0 aliphatic rings. The molecule has 0 saturated carbocycles. The topological polar surface area (TPSA) is 28.7 Å². The van der Waals surface area contributed by atoms with E-state index >= 15 is 0 Å². The molecule has 12 heavy (non-hydrogen) atoms. The van der Waals surface area contributed by atoms with Crippen LogP contribution in [0.15, 0.2) is 12.4 Å². The van der Waals surface area contributed by atoms with E-state index in [1.54, 1.807) is 6.20 Å². The van der Waals surface area contributed by atoms with Gasteiger partial charge in [-0.2, -0.15) is 5.10 Å². The molecule has 0 aliphatic heterocycles. The molecule has 0 unspecified atom stereocenters. The van der Waals surface area contributed by atoms with Crippen LogP contribution in [-0.2, 0) is 0 Å². The van der Waals surface area contributed by atoms with Gasteiger partial charge >= 0.3 is 0 Å². The van der Waals surface area contributed by atoms with Crippen LogP contribution in [-0.4, -0.2) is 10.2 Å². The molecule has 0 radical (unpaired) electrons. The normalized spacial score (nSPS) is 5.92. The van der Waals surface area contributed by atoms with Gasteiger partial charge in [0.2, 0.25) is 0 Å². The van der Waals surface area contributed by atoms with E-state index in [9.17, 15) is 0 Å². The second-order valence-corrected chi connectivity index (χ2v) is 1.28. The van der Waals surface area contributed by atoms with Gasteiger partial charge in [-0.25, -0.2) is 0 Å². The van der Waals surface area contributed by atoms with Gasteiger partial charge in [-0.15, -0.1) is 0 Å². The fourth-order valence-electron chi connectivity index (χ4n) is 0.315. The quantitative estimate of drug-likeness (QED) is 0.631. The summed E-state index contributed by atoms with van der Waals surface area (Å²) in [5, 5.41) is 6.38. The summed E-state index contributed by atoms with van der Waals surface area (Å²) in [6.07, 6.45) is 3.62. The van der Waals surface area contributed by atoms with Crippen LogP contribution in [0.4, 0.5) is 0 Å². The third-order valence-electron chi connectivity index (χ3n) is 0.635. The number of aryl methyl sites for hydroxylation is 1. The molecular weight excluding hydrogens is 148 g/mol. The van der Waals surface area contributed by atoms with Crippen molar-refractivity contribution in [3.05, 3.63) is 18.0 Å². The second-order valence-electron chi connectivity index (χ2n) is 1.28. The molecule has 76 valence electrons. The van der Waals surface area contributed by atoms with Crippen LogP contribution < -0.4 is 0 Å². The number of nitrogens with zero attached hydrogens (tertiary/aromatic N) is 1. The van der Waals surface area contributed by atoms with Crippen molar-refractivity contribution in [2.45, 2.75) is 48.5 Å². The first-order valence-corrected chi connectivity index (χ1v) is 4.85. The van der Waals surface area contributed by atoms with Crippen LogP contribution in [0, 0.1) is 6.92 Å². The Morgan fingerprint density at radius 3 is 1.58 bits per heavy atom. The largest absolute Gasteiger partial charge is 0.285 e. The van der Waals surface area contributed by atoms with Crippen LogP contribution in [0.3, 0.4) is 0 Å². The van der Waals surface area contributed by atoms with Crippen molar-refractivity contribution in [1.82, 2.24) is 10.2 Å². The predicted molar refractivity (Wildman–Crippen MR) is 59.5 cm³/mol. The van der Waals surface area contributed by atoms with Crippen LogP contribution in [0.25, 0.3) is 0 Å². The Hall–Kier alpha value is -0.790. The highest BCUT2D eigenvalue weighted by molar-refractivity contribution is 4.96. The van der Waals surface area contributed by atoms with Crippen molar-refractivity contribution in [2.24, 2.45) is 0 Å². The number of aromatic nitrogens is 2. The minimum Gasteiger partial charge on any atom is -0.285 e. The summed E-state index contributed by atoms with van der Waals surface area (Å²) in [6, 6.07) is 0. The maximum Gasteiger partial charge on any atom is 0.0516 e. The molecule has 0 atom stereocenters. The second kappa shape index (κ2) is 22.5. The van der Waals surface area contributed by atoms with E-state index < -0.39 is 0 Å². The third kappa shape index (κ3) is 16.1. The summed E-state index contributed by atoms with van der Waals surface area (Å²) in [4.78, 5) is 0. The molecule has 0 bridgehead atoms. The first-order chi connectivity index (χ1) is 5.89. The number of hydrogen-bond acceptors (Lipinski definition) is 1. The van der Waals surface area contributed by atoms with E-state index in [0.717, 1.165) is 0 Å². The molecule has 0 aromatic carbocycles. The molecule has 1 heterocycles. The van der Waals surface area contributed by atoms with Crippen molar-refractivity contribution >= 4 is 0 Å². The van der Waals surface area contributed by atoms with E-state index in [1.165, 1.54) is 5.56 Å². The van der Waals surface area contributed by atoms with Crippen LogP contribution in [0.1, 0.15) is 48.5 Å². The van der Waals surface area contributed by atoms with Crippen molar-refractivity contribution in [2.75, 3.05) is 0 Å².